The van der Waals surface area contributed by atoms with Gasteiger partial charge in [-0.1, -0.05) is 38.1 Å². The number of para-hydroxylation sites is 1. The summed E-state index contributed by atoms with van der Waals surface area (Å²) < 4.78 is 78.5. The number of halogens is 6. The first-order chi connectivity index (χ1) is 14.9. The second kappa shape index (κ2) is 8.60. The van der Waals surface area contributed by atoms with Crippen molar-refractivity contribution in [2.45, 2.75) is 32.2 Å². The van der Waals surface area contributed by atoms with Gasteiger partial charge in [-0.15, -0.1) is 10.2 Å². The average molecular weight is 457 g/mol. The summed E-state index contributed by atoms with van der Waals surface area (Å²) in [6.45, 7) is 3.24. The van der Waals surface area contributed by atoms with Gasteiger partial charge in [-0.05, 0) is 35.4 Å². The highest BCUT2D eigenvalue weighted by Crippen LogP contribution is 2.35. The predicted molar refractivity (Wildman–Crippen MR) is 102 cm³/mol. The third-order valence-electron chi connectivity index (χ3n) is 4.52. The number of alkyl halides is 6. The molecule has 0 radical (unpaired) electrons. The standard InChI is InChI=1S/C20H17F6N5O/c1-11(2)16(18(32)27-15-9-4-3-8-14(15)20(24,25)26)31-29-17(28-30-31)12-6-5-7-13(10-12)19(21,22)23/h3-11,16H,1-2H3,(H,27,32). The van der Waals surface area contributed by atoms with Crippen molar-refractivity contribution in [1.29, 1.82) is 0 Å². The molecule has 0 saturated heterocycles. The van der Waals surface area contributed by atoms with Crippen molar-refractivity contribution in [2.24, 2.45) is 5.92 Å². The lowest BCUT2D eigenvalue weighted by atomic mass is 10.0. The number of nitrogens with zero attached hydrogens (tertiary/aromatic N) is 4. The molecule has 1 heterocycles. The summed E-state index contributed by atoms with van der Waals surface area (Å²) in [6.07, 6.45) is -9.25. The molecular formula is C20H17F6N5O. The molecule has 0 fully saturated rings. The van der Waals surface area contributed by atoms with Gasteiger partial charge in [0.25, 0.3) is 5.91 Å². The number of carbonyl (C=O) groups is 1. The summed E-state index contributed by atoms with van der Waals surface area (Å²) in [4.78, 5) is 13.7. The van der Waals surface area contributed by atoms with E-state index in [1.54, 1.807) is 13.8 Å². The fraction of sp³-hybridized carbons (Fsp3) is 0.300. The van der Waals surface area contributed by atoms with Crippen LogP contribution in [0.3, 0.4) is 0 Å². The number of carbonyl (C=O) groups excluding carboxylic acids is 1. The van der Waals surface area contributed by atoms with Gasteiger partial charge in [-0.25, -0.2) is 0 Å². The maximum Gasteiger partial charge on any atom is 0.418 e. The molecule has 6 nitrogen and oxygen atoms in total. The first kappa shape index (κ1) is 23.2. The van der Waals surface area contributed by atoms with Crippen molar-refractivity contribution < 1.29 is 31.1 Å². The minimum Gasteiger partial charge on any atom is -0.324 e. The molecule has 0 aliphatic rings. The van der Waals surface area contributed by atoms with Gasteiger partial charge in [0, 0.05) is 5.56 Å². The molecule has 0 aliphatic heterocycles. The Morgan fingerprint density at radius 3 is 2.28 bits per heavy atom. The number of tetrazole rings is 1. The molecule has 170 valence electrons. The SMILES string of the molecule is CC(C)C(C(=O)Nc1ccccc1C(F)(F)F)n1nnc(-c2cccc(C(F)(F)F)c2)n1. The van der Waals surface area contributed by atoms with Crippen LogP contribution in [-0.4, -0.2) is 26.1 Å². The summed E-state index contributed by atoms with van der Waals surface area (Å²) in [5, 5.41) is 13.7. The lowest BCUT2D eigenvalue weighted by Crippen LogP contribution is -2.32. The van der Waals surface area contributed by atoms with Crippen LogP contribution in [0.25, 0.3) is 11.4 Å². The lowest BCUT2D eigenvalue weighted by molar-refractivity contribution is -0.138. The van der Waals surface area contributed by atoms with Crippen molar-refractivity contribution in [1.82, 2.24) is 20.2 Å². The van der Waals surface area contributed by atoms with Crippen molar-refractivity contribution >= 4 is 11.6 Å². The van der Waals surface area contributed by atoms with Crippen molar-refractivity contribution in [3.63, 3.8) is 0 Å². The van der Waals surface area contributed by atoms with Crippen LogP contribution in [0.15, 0.2) is 48.5 Å². The molecule has 3 rings (SSSR count). The van der Waals surface area contributed by atoms with Crippen LogP contribution in [0.5, 0.6) is 0 Å². The van der Waals surface area contributed by atoms with Crippen molar-refractivity contribution in [2.75, 3.05) is 5.32 Å². The van der Waals surface area contributed by atoms with Gasteiger partial charge < -0.3 is 5.32 Å². The molecule has 2 aromatic carbocycles. The molecule has 1 aromatic heterocycles. The van der Waals surface area contributed by atoms with E-state index < -0.39 is 47.0 Å². The molecule has 0 saturated carbocycles. The number of benzene rings is 2. The summed E-state index contributed by atoms with van der Waals surface area (Å²) in [6, 6.07) is 7.57. The van der Waals surface area contributed by atoms with Crippen LogP contribution in [-0.2, 0) is 17.1 Å². The van der Waals surface area contributed by atoms with E-state index >= 15 is 0 Å². The van der Waals surface area contributed by atoms with Crippen LogP contribution in [0.1, 0.15) is 31.0 Å². The van der Waals surface area contributed by atoms with Gasteiger partial charge >= 0.3 is 12.4 Å². The van der Waals surface area contributed by atoms with Gasteiger partial charge in [0.1, 0.15) is 0 Å². The van der Waals surface area contributed by atoms with Gasteiger partial charge in [0.15, 0.2) is 6.04 Å². The zero-order valence-corrected chi connectivity index (χ0v) is 16.7. The van der Waals surface area contributed by atoms with Gasteiger partial charge in [-0.3, -0.25) is 4.79 Å². The Balaban J connectivity index is 1.90. The minimum absolute atomic E-state index is 0.0245. The summed E-state index contributed by atoms with van der Waals surface area (Å²) in [7, 11) is 0. The molecule has 0 aliphatic carbocycles. The van der Waals surface area contributed by atoms with E-state index in [1.165, 1.54) is 24.3 Å². The smallest absolute Gasteiger partial charge is 0.324 e. The second-order valence-electron chi connectivity index (χ2n) is 7.23. The van der Waals surface area contributed by atoms with Crippen LogP contribution in [0.2, 0.25) is 0 Å². The Hall–Kier alpha value is -3.44. The predicted octanol–water partition coefficient (Wildman–Crippen LogP) is 5.21. The molecule has 1 amide bonds. The Morgan fingerprint density at radius 2 is 1.66 bits per heavy atom. The van der Waals surface area contributed by atoms with E-state index in [9.17, 15) is 31.1 Å². The number of hydrogen-bond acceptors (Lipinski definition) is 4. The van der Waals surface area contributed by atoms with Gasteiger partial charge in [0.05, 0.1) is 16.8 Å². The second-order valence-corrected chi connectivity index (χ2v) is 7.23. The fourth-order valence-electron chi connectivity index (χ4n) is 3.01. The normalized spacial score (nSPS) is 13.3. The fourth-order valence-corrected chi connectivity index (χ4v) is 3.01. The molecule has 1 atom stereocenters. The summed E-state index contributed by atoms with van der Waals surface area (Å²) >= 11 is 0. The molecule has 3 aromatic rings. The Labute approximate surface area is 178 Å². The zero-order chi connectivity index (χ0) is 23.7. The van der Waals surface area contributed by atoms with Crippen LogP contribution in [0, 0.1) is 5.92 Å². The van der Waals surface area contributed by atoms with E-state index in [4.69, 9.17) is 0 Å². The lowest BCUT2D eigenvalue weighted by Gasteiger charge is -2.20. The number of hydrogen-bond donors (Lipinski definition) is 1. The minimum atomic E-state index is -4.68. The van der Waals surface area contributed by atoms with E-state index in [0.717, 1.165) is 29.1 Å². The first-order valence-corrected chi connectivity index (χ1v) is 9.32. The largest absolute Gasteiger partial charge is 0.418 e. The molecule has 1 unspecified atom stereocenters. The van der Waals surface area contributed by atoms with Crippen LogP contribution < -0.4 is 5.32 Å². The Bertz CT molecular complexity index is 1110. The summed E-state index contributed by atoms with van der Waals surface area (Å²) in [5.74, 6) is -1.47. The van der Waals surface area contributed by atoms with E-state index in [2.05, 4.69) is 20.7 Å². The molecule has 0 spiro atoms. The van der Waals surface area contributed by atoms with E-state index in [-0.39, 0.29) is 11.4 Å². The van der Waals surface area contributed by atoms with Gasteiger partial charge in [-0.2, -0.15) is 31.1 Å². The maximum absolute atomic E-state index is 13.2. The van der Waals surface area contributed by atoms with Crippen LogP contribution >= 0.6 is 0 Å². The topological polar surface area (TPSA) is 72.7 Å². The van der Waals surface area contributed by atoms with Crippen molar-refractivity contribution in [3.8, 4) is 11.4 Å². The molecular weight excluding hydrogens is 440 g/mol. The monoisotopic (exact) mass is 457 g/mol. The summed E-state index contributed by atoms with van der Waals surface area (Å²) in [5.41, 5.74) is -2.34. The number of anilines is 1. The number of rotatable bonds is 5. The molecule has 1 N–H and O–H groups in total. The first-order valence-electron chi connectivity index (χ1n) is 9.32. The maximum atomic E-state index is 13.2. The van der Waals surface area contributed by atoms with E-state index in [0.29, 0.717) is 0 Å². The molecule has 0 bridgehead atoms. The van der Waals surface area contributed by atoms with E-state index in [1.807, 2.05) is 0 Å². The highest BCUT2D eigenvalue weighted by molar-refractivity contribution is 5.94. The number of aromatic nitrogens is 4. The number of nitrogens with one attached hydrogen (secondary N) is 1. The highest BCUT2D eigenvalue weighted by atomic mass is 19.4. The van der Waals surface area contributed by atoms with Gasteiger partial charge in [0.2, 0.25) is 5.82 Å². The third-order valence-corrected chi connectivity index (χ3v) is 4.52. The quantitative estimate of drug-likeness (QED) is 0.534. The molecule has 12 heteroatoms. The molecule has 32 heavy (non-hydrogen) atoms. The van der Waals surface area contributed by atoms with Crippen LogP contribution in [0.4, 0.5) is 32.0 Å². The van der Waals surface area contributed by atoms with Crippen molar-refractivity contribution in [3.05, 3.63) is 59.7 Å². The Morgan fingerprint density at radius 1 is 0.969 bits per heavy atom. The average Bonchev–Trinajstić information content (AvgIpc) is 3.16. The zero-order valence-electron chi connectivity index (χ0n) is 16.7. The third kappa shape index (κ3) is 5.06. The number of amides is 1. The highest BCUT2D eigenvalue weighted by Gasteiger charge is 2.35. The Kier molecular flexibility index (Phi) is 6.24.